The fourth-order valence-corrected chi connectivity index (χ4v) is 2.46. The molecule has 18 heavy (non-hydrogen) atoms. The number of hydrogen-bond acceptors (Lipinski definition) is 4. The highest BCUT2D eigenvalue weighted by atomic mass is 16.5. The molecule has 0 aromatic carbocycles. The van der Waals surface area contributed by atoms with E-state index >= 15 is 0 Å². The SMILES string of the molecule is CC1OCCC1C(=O)NCC1CCC(C(=O)O)O1. The molecule has 0 saturated carbocycles. The van der Waals surface area contributed by atoms with Gasteiger partial charge in [0.15, 0.2) is 6.10 Å². The molecule has 6 heteroatoms. The number of rotatable bonds is 4. The molecule has 0 aromatic rings. The molecule has 2 saturated heterocycles. The highest BCUT2D eigenvalue weighted by molar-refractivity contribution is 5.79. The molecule has 1 amide bonds. The van der Waals surface area contributed by atoms with Crippen LogP contribution < -0.4 is 5.32 Å². The van der Waals surface area contributed by atoms with E-state index < -0.39 is 12.1 Å². The molecule has 2 fully saturated rings. The molecule has 2 rings (SSSR count). The van der Waals surface area contributed by atoms with Crippen LogP contribution in [0.25, 0.3) is 0 Å². The Kier molecular flexibility index (Phi) is 4.19. The summed E-state index contributed by atoms with van der Waals surface area (Å²) in [6.45, 7) is 2.90. The van der Waals surface area contributed by atoms with E-state index in [1.165, 1.54) is 0 Å². The van der Waals surface area contributed by atoms with Crippen LogP contribution in [0.5, 0.6) is 0 Å². The normalized spacial score (nSPS) is 35.6. The lowest BCUT2D eigenvalue weighted by Gasteiger charge is -2.16. The van der Waals surface area contributed by atoms with E-state index in [9.17, 15) is 9.59 Å². The van der Waals surface area contributed by atoms with Crippen molar-refractivity contribution in [1.29, 1.82) is 0 Å². The molecule has 4 atom stereocenters. The van der Waals surface area contributed by atoms with Crippen molar-refractivity contribution in [3.8, 4) is 0 Å². The number of aliphatic carboxylic acids is 1. The number of carboxylic acid groups (broad SMARTS) is 1. The predicted octanol–water partition coefficient (Wildman–Crippen LogP) is 0.160. The molecule has 0 spiro atoms. The van der Waals surface area contributed by atoms with Crippen LogP contribution in [0, 0.1) is 5.92 Å². The van der Waals surface area contributed by atoms with Crippen molar-refractivity contribution >= 4 is 11.9 Å². The average Bonchev–Trinajstić information content (AvgIpc) is 2.94. The van der Waals surface area contributed by atoms with Crippen molar-refractivity contribution in [2.45, 2.75) is 44.5 Å². The van der Waals surface area contributed by atoms with Gasteiger partial charge >= 0.3 is 5.97 Å². The van der Waals surface area contributed by atoms with Crippen molar-refractivity contribution in [1.82, 2.24) is 5.32 Å². The first-order valence-corrected chi connectivity index (χ1v) is 6.35. The van der Waals surface area contributed by atoms with Crippen LogP contribution in [-0.4, -0.2) is 48.4 Å². The van der Waals surface area contributed by atoms with Gasteiger partial charge in [-0.1, -0.05) is 0 Å². The second-order valence-electron chi connectivity index (χ2n) is 4.88. The molecule has 2 aliphatic heterocycles. The van der Waals surface area contributed by atoms with Gasteiger partial charge in [0.25, 0.3) is 0 Å². The van der Waals surface area contributed by atoms with Crippen LogP contribution in [0.4, 0.5) is 0 Å². The van der Waals surface area contributed by atoms with Gasteiger partial charge in [-0.3, -0.25) is 4.79 Å². The van der Waals surface area contributed by atoms with Gasteiger partial charge in [-0.15, -0.1) is 0 Å². The van der Waals surface area contributed by atoms with E-state index in [1.807, 2.05) is 6.92 Å². The Hall–Kier alpha value is -1.14. The zero-order chi connectivity index (χ0) is 13.1. The number of ether oxygens (including phenoxy) is 2. The minimum Gasteiger partial charge on any atom is -0.479 e. The van der Waals surface area contributed by atoms with Gasteiger partial charge in [0.2, 0.25) is 5.91 Å². The minimum atomic E-state index is -0.929. The number of nitrogens with one attached hydrogen (secondary N) is 1. The van der Waals surface area contributed by atoms with Crippen molar-refractivity contribution in [3.63, 3.8) is 0 Å². The molecular formula is C12H19NO5. The summed E-state index contributed by atoms with van der Waals surface area (Å²) in [5.74, 6) is -1.05. The molecule has 2 heterocycles. The van der Waals surface area contributed by atoms with Gasteiger partial charge in [-0.05, 0) is 26.2 Å². The lowest BCUT2D eigenvalue weighted by atomic mass is 10.0. The second kappa shape index (κ2) is 5.67. The van der Waals surface area contributed by atoms with Crippen molar-refractivity contribution in [3.05, 3.63) is 0 Å². The minimum absolute atomic E-state index is 0.0256. The maximum atomic E-state index is 11.9. The molecule has 0 radical (unpaired) electrons. The third kappa shape index (κ3) is 3.00. The third-order valence-corrected chi connectivity index (χ3v) is 3.60. The second-order valence-corrected chi connectivity index (χ2v) is 4.88. The summed E-state index contributed by atoms with van der Waals surface area (Å²) in [7, 11) is 0. The van der Waals surface area contributed by atoms with Crippen LogP contribution in [0.15, 0.2) is 0 Å². The highest BCUT2D eigenvalue weighted by Gasteiger charge is 2.33. The van der Waals surface area contributed by atoms with Crippen molar-refractivity contribution in [2.75, 3.05) is 13.2 Å². The van der Waals surface area contributed by atoms with Crippen LogP contribution in [0.1, 0.15) is 26.2 Å². The molecule has 0 bridgehead atoms. The summed E-state index contributed by atoms with van der Waals surface area (Å²) < 4.78 is 10.7. The average molecular weight is 257 g/mol. The maximum absolute atomic E-state index is 11.9. The lowest BCUT2D eigenvalue weighted by molar-refractivity contribution is -0.149. The number of hydrogen-bond donors (Lipinski definition) is 2. The molecule has 102 valence electrons. The topological polar surface area (TPSA) is 84.9 Å². The standard InChI is InChI=1S/C12H19NO5/c1-7-9(4-5-17-7)11(14)13-6-8-2-3-10(18-8)12(15)16/h7-10H,2-6H2,1H3,(H,13,14)(H,15,16). The van der Waals surface area contributed by atoms with Crippen molar-refractivity contribution < 1.29 is 24.2 Å². The zero-order valence-electron chi connectivity index (χ0n) is 10.4. The largest absolute Gasteiger partial charge is 0.479 e. The first-order chi connectivity index (χ1) is 8.58. The van der Waals surface area contributed by atoms with Gasteiger partial charge in [0.1, 0.15) is 0 Å². The maximum Gasteiger partial charge on any atom is 0.332 e. The third-order valence-electron chi connectivity index (χ3n) is 3.60. The quantitative estimate of drug-likeness (QED) is 0.749. The number of carbonyl (C=O) groups excluding carboxylic acids is 1. The van der Waals surface area contributed by atoms with E-state index in [1.54, 1.807) is 0 Å². The van der Waals surface area contributed by atoms with Gasteiger partial charge in [-0.25, -0.2) is 4.79 Å². The van der Waals surface area contributed by atoms with E-state index in [4.69, 9.17) is 14.6 Å². The van der Waals surface area contributed by atoms with E-state index in [0.29, 0.717) is 26.0 Å². The summed E-state index contributed by atoms with van der Waals surface area (Å²) >= 11 is 0. The van der Waals surface area contributed by atoms with Gasteiger partial charge in [0, 0.05) is 13.2 Å². The summed E-state index contributed by atoms with van der Waals surface area (Å²) in [5.41, 5.74) is 0. The summed E-state index contributed by atoms with van der Waals surface area (Å²) in [6, 6.07) is 0. The van der Waals surface area contributed by atoms with E-state index in [2.05, 4.69) is 5.32 Å². The van der Waals surface area contributed by atoms with Crippen LogP contribution in [-0.2, 0) is 19.1 Å². The molecule has 0 aliphatic carbocycles. The summed E-state index contributed by atoms with van der Waals surface area (Å²) in [6.07, 6.45) is 0.984. The molecular weight excluding hydrogens is 238 g/mol. The fraction of sp³-hybridized carbons (Fsp3) is 0.833. The smallest absolute Gasteiger partial charge is 0.332 e. The Morgan fingerprint density at radius 1 is 1.33 bits per heavy atom. The number of amides is 1. The molecule has 0 aromatic heterocycles. The predicted molar refractivity (Wildman–Crippen MR) is 62.1 cm³/mol. The zero-order valence-corrected chi connectivity index (χ0v) is 10.4. The fourth-order valence-electron chi connectivity index (χ4n) is 2.46. The summed E-state index contributed by atoms with van der Waals surface area (Å²) in [4.78, 5) is 22.6. The Morgan fingerprint density at radius 2 is 2.11 bits per heavy atom. The van der Waals surface area contributed by atoms with Crippen molar-refractivity contribution in [2.24, 2.45) is 5.92 Å². The first-order valence-electron chi connectivity index (χ1n) is 6.35. The van der Waals surface area contributed by atoms with Gasteiger partial charge < -0.3 is 19.9 Å². The monoisotopic (exact) mass is 257 g/mol. The molecule has 4 unspecified atom stereocenters. The molecule has 2 N–H and O–H groups in total. The number of carboxylic acids is 1. The Bertz CT molecular complexity index is 332. The number of carbonyl (C=O) groups is 2. The molecule has 2 aliphatic rings. The summed E-state index contributed by atoms with van der Waals surface area (Å²) in [5, 5.41) is 11.6. The van der Waals surface area contributed by atoms with Crippen LogP contribution in [0.2, 0.25) is 0 Å². The van der Waals surface area contributed by atoms with E-state index in [0.717, 1.165) is 6.42 Å². The van der Waals surface area contributed by atoms with E-state index in [-0.39, 0.29) is 24.0 Å². The van der Waals surface area contributed by atoms with Crippen LogP contribution in [0.3, 0.4) is 0 Å². The lowest BCUT2D eigenvalue weighted by Crippen LogP contribution is -2.38. The van der Waals surface area contributed by atoms with Gasteiger partial charge in [-0.2, -0.15) is 0 Å². The molecule has 6 nitrogen and oxygen atoms in total. The first kappa shape index (κ1) is 13.3. The van der Waals surface area contributed by atoms with Crippen LogP contribution >= 0.6 is 0 Å². The Balaban J connectivity index is 1.72. The Labute approximate surface area is 106 Å². The van der Waals surface area contributed by atoms with Gasteiger partial charge in [0.05, 0.1) is 18.1 Å². The highest BCUT2D eigenvalue weighted by Crippen LogP contribution is 2.22. The Morgan fingerprint density at radius 3 is 2.67 bits per heavy atom.